The predicted molar refractivity (Wildman–Crippen MR) is 185 cm³/mol. The van der Waals surface area contributed by atoms with E-state index >= 15 is 4.39 Å². The number of nitriles is 1. The van der Waals surface area contributed by atoms with E-state index in [0.717, 1.165) is 13.1 Å². The molecule has 3 atom stereocenters. The van der Waals surface area contributed by atoms with Crippen LogP contribution in [0.2, 0.25) is 0 Å². The average Bonchev–Trinajstić information content (AvgIpc) is 3.06. The molecule has 0 radical (unpaired) electrons. The third-order valence-corrected chi connectivity index (χ3v) is 9.39. The Balaban J connectivity index is 1.30. The van der Waals surface area contributed by atoms with Crippen molar-refractivity contribution >= 4 is 23.3 Å². The van der Waals surface area contributed by atoms with Crippen molar-refractivity contribution in [2.75, 3.05) is 44.3 Å². The number of hydrogen-bond donors (Lipinski definition) is 3. The number of amides is 1. The Hall–Kier alpha value is -4.86. The summed E-state index contributed by atoms with van der Waals surface area (Å²) < 4.78 is 21.1. The van der Waals surface area contributed by atoms with E-state index in [0.29, 0.717) is 49.5 Å². The number of para-hydroxylation sites is 1. The number of carbonyl (C=O) groups is 1. The average molecular weight is 654 g/mol. The van der Waals surface area contributed by atoms with Crippen molar-refractivity contribution in [3.63, 3.8) is 0 Å². The number of likely N-dealkylation sites (N-methyl/N-ethyl adjacent to an activating group) is 1. The number of halogens is 1. The van der Waals surface area contributed by atoms with Gasteiger partial charge in [-0.25, -0.2) is 14.4 Å². The van der Waals surface area contributed by atoms with Crippen molar-refractivity contribution in [3.8, 4) is 17.6 Å². The predicted octanol–water partition coefficient (Wildman–Crippen LogP) is 5.06. The second-order valence-electron chi connectivity index (χ2n) is 13.2. The number of nitrogen functional groups attached to an aromatic ring is 1. The van der Waals surface area contributed by atoms with Crippen LogP contribution in [0.25, 0.3) is 0 Å². The molecule has 2 aliphatic heterocycles. The van der Waals surface area contributed by atoms with E-state index in [1.54, 1.807) is 29.2 Å². The van der Waals surface area contributed by atoms with Gasteiger partial charge in [0.1, 0.15) is 46.9 Å². The molecule has 1 aromatic heterocycles. The van der Waals surface area contributed by atoms with Crippen LogP contribution in [0.3, 0.4) is 0 Å². The van der Waals surface area contributed by atoms with E-state index in [-0.39, 0.29) is 46.0 Å². The number of benzene rings is 2. The quantitative estimate of drug-likeness (QED) is 0.164. The topological polar surface area (TPSA) is 147 Å². The maximum Gasteiger partial charge on any atom is 0.264 e. The summed E-state index contributed by atoms with van der Waals surface area (Å²) in [5, 5.41) is 22.3. The van der Waals surface area contributed by atoms with E-state index in [1.165, 1.54) is 18.5 Å². The molecule has 0 saturated carbocycles. The largest absolute Gasteiger partial charge is 0.457 e. The van der Waals surface area contributed by atoms with Gasteiger partial charge in [-0.3, -0.25) is 20.0 Å². The molecule has 0 spiro atoms. The molecule has 2 saturated heterocycles. The fraction of sp³-hybridized carbons (Fsp3) is 0.417. The smallest absolute Gasteiger partial charge is 0.264 e. The van der Waals surface area contributed by atoms with Crippen molar-refractivity contribution in [1.29, 1.82) is 10.7 Å². The lowest BCUT2D eigenvalue weighted by Crippen LogP contribution is -2.60. The van der Waals surface area contributed by atoms with Crippen LogP contribution in [0.15, 0.2) is 66.5 Å². The second-order valence-corrected chi connectivity index (χ2v) is 13.2. The Labute approximate surface area is 281 Å². The summed E-state index contributed by atoms with van der Waals surface area (Å²) in [5.74, 6) is 0.173. The third kappa shape index (κ3) is 7.64. The molecule has 252 valence electrons. The number of piperazine rings is 1. The molecule has 3 unspecified atom stereocenters. The van der Waals surface area contributed by atoms with Gasteiger partial charge in [0.2, 0.25) is 0 Å². The summed E-state index contributed by atoms with van der Waals surface area (Å²) in [4.78, 5) is 28.5. The fourth-order valence-electron chi connectivity index (χ4n) is 6.38. The molecule has 12 heteroatoms. The number of piperidine rings is 1. The summed E-state index contributed by atoms with van der Waals surface area (Å²) in [6.45, 7) is 11.0. The van der Waals surface area contributed by atoms with Crippen LogP contribution < -0.4 is 15.8 Å². The normalized spacial score (nSPS) is 21.0. The highest BCUT2D eigenvalue weighted by molar-refractivity contribution is 6.16. The Bertz CT molecular complexity index is 1710. The van der Waals surface area contributed by atoms with Gasteiger partial charge in [0, 0.05) is 61.5 Å². The van der Waals surface area contributed by atoms with Gasteiger partial charge in [0.15, 0.2) is 0 Å². The van der Waals surface area contributed by atoms with Gasteiger partial charge in [-0.05, 0) is 77.9 Å². The first kappa shape index (κ1) is 34.5. The first-order valence-corrected chi connectivity index (χ1v) is 16.3. The van der Waals surface area contributed by atoms with Gasteiger partial charge in [-0.2, -0.15) is 5.26 Å². The van der Waals surface area contributed by atoms with E-state index in [2.05, 4.69) is 52.0 Å². The van der Waals surface area contributed by atoms with E-state index in [9.17, 15) is 10.1 Å². The zero-order valence-corrected chi connectivity index (χ0v) is 28.2. The molecule has 2 fully saturated rings. The summed E-state index contributed by atoms with van der Waals surface area (Å²) >= 11 is 0. The highest BCUT2D eigenvalue weighted by atomic mass is 19.1. The number of nitrogens with one attached hydrogen (secondary N) is 2. The fourth-order valence-corrected chi connectivity index (χ4v) is 6.38. The van der Waals surface area contributed by atoms with Gasteiger partial charge < -0.3 is 20.7 Å². The molecule has 4 N–H and O–H groups in total. The Morgan fingerprint density at radius 2 is 1.83 bits per heavy atom. The Kier molecular flexibility index (Phi) is 10.4. The molecular formula is C36H44FN9O2. The second kappa shape index (κ2) is 14.5. The first-order valence-electron chi connectivity index (χ1n) is 16.3. The maximum absolute atomic E-state index is 15.3. The highest BCUT2D eigenvalue weighted by Gasteiger charge is 2.36. The van der Waals surface area contributed by atoms with Crippen molar-refractivity contribution < 1.29 is 13.9 Å². The highest BCUT2D eigenvalue weighted by Crippen LogP contribution is 2.29. The van der Waals surface area contributed by atoms with Crippen LogP contribution in [0.5, 0.6) is 11.5 Å². The van der Waals surface area contributed by atoms with Crippen LogP contribution in [0.1, 0.15) is 51.7 Å². The zero-order valence-electron chi connectivity index (χ0n) is 28.2. The number of likely N-dealkylation sites (tertiary alicyclic amines) is 1. The molecule has 0 bridgehead atoms. The molecule has 3 heterocycles. The van der Waals surface area contributed by atoms with Gasteiger partial charge in [0.25, 0.3) is 5.91 Å². The molecule has 3 aromatic rings. The molecular weight excluding hydrogens is 609 g/mol. The Morgan fingerprint density at radius 1 is 1.12 bits per heavy atom. The Morgan fingerprint density at radius 3 is 2.50 bits per heavy atom. The van der Waals surface area contributed by atoms with E-state index < -0.39 is 11.4 Å². The molecule has 5 rings (SSSR count). The maximum atomic E-state index is 15.3. The van der Waals surface area contributed by atoms with Gasteiger partial charge in [-0.15, -0.1) is 0 Å². The third-order valence-electron chi connectivity index (χ3n) is 9.39. The number of nitrogens with zero attached hydrogens (tertiary/aromatic N) is 6. The van der Waals surface area contributed by atoms with Gasteiger partial charge in [0.05, 0.1) is 11.3 Å². The lowest BCUT2D eigenvalue weighted by atomic mass is 9.94. The summed E-state index contributed by atoms with van der Waals surface area (Å²) in [6.07, 6.45) is 4.50. The number of hydrogen-bond acceptors (Lipinski definition) is 10. The summed E-state index contributed by atoms with van der Waals surface area (Å²) in [6, 6.07) is 15.9. The summed E-state index contributed by atoms with van der Waals surface area (Å²) in [7, 11) is 2.13. The van der Waals surface area contributed by atoms with E-state index in [1.807, 2.05) is 32.0 Å². The van der Waals surface area contributed by atoms with Crippen molar-refractivity contribution in [3.05, 3.63) is 83.5 Å². The number of aromatic nitrogens is 2. The zero-order chi connectivity index (χ0) is 34.6. The van der Waals surface area contributed by atoms with Crippen LogP contribution in [-0.2, 0) is 4.79 Å². The number of ether oxygens (including phenoxy) is 1. The standard InChI is InChI=1S/C36H44FN9O2/c1-23-19-46(20-24(2)44(23)5)36(3,4)17-25(18-38)35(47)45-15-9-10-26(21-45)43-34-31(33(40)41-22-42-34)32(39)29-14-13-28(16-30(29)37)48-27-11-7-6-8-12-27/h6-8,11-14,16-17,22-24,26,39H,9-10,15,19-21H2,1-5H3,(H3,40,41,42,43)/b25-17+,39-32?. The SMILES string of the molecule is CC1CN(C(C)(C)/C=C(\C#N)C(=O)N2CCCC(Nc3ncnc(N)c3C(=N)c3ccc(Oc4ccccc4)cc3F)C2)CC(C)N1C. The minimum absolute atomic E-state index is 0.0101. The lowest BCUT2D eigenvalue weighted by Gasteiger charge is -2.48. The van der Waals surface area contributed by atoms with Gasteiger partial charge in [-0.1, -0.05) is 18.2 Å². The summed E-state index contributed by atoms with van der Waals surface area (Å²) in [5.41, 5.74) is 5.83. The van der Waals surface area contributed by atoms with Crippen molar-refractivity contribution in [1.82, 2.24) is 24.7 Å². The van der Waals surface area contributed by atoms with Crippen LogP contribution in [-0.4, -0.2) is 93.2 Å². The minimum Gasteiger partial charge on any atom is -0.457 e. The first-order chi connectivity index (χ1) is 22.9. The molecule has 0 aliphatic carbocycles. The molecule has 11 nitrogen and oxygen atoms in total. The van der Waals surface area contributed by atoms with Crippen LogP contribution in [0, 0.1) is 22.6 Å². The molecule has 2 aliphatic rings. The van der Waals surface area contributed by atoms with Crippen molar-refractivity contribution in [2.45, 2.75) is 64.2 Å². The number of nitrogens with two attached hydrogens (primary N) is 1. The molecule has 1 amide bonds. The number of carbonyl (C=O) groups excluding carboxylic acids is 1. The van der Waals surface area contributed by atoms with Crippen molar-refractivity contribution in [2.24, 2.45) is 0 Å². The molecule has 48 heavy (non-hydrogen) atoms. The molecule has 2 aromatic carbocycles. The van der Waals surface area contributed by atoms with Crippen LogP contribution >= 0.6 is 0 Å². The lowest BCUT2D eigenvalue weighted by molar-refractivity contribution is -0.127. The van der Waals surface area contributed by atoms with Crippen LogP contribution in [0.4, 0.5) is 16.0 Å². The number of anilines is 2. The number of rotatable bonds is 9. The monoisotopic (exact) mass is 653 g/mol. The van der Waals surface area contributed by atoms with Gasteiger partial charge >= 0.3 is 0 Å². The van der Waals surface area contributed by atoms with E-state index in [4.69, 9.17) is 15.9 Å². The minimum atomic E-state index is -0.656.